The van der Waals surface area contributed by atoms with E-state index in [1.165, 1.54) is 24.3 Å². The molecule has 12 heteroatoms. The van der Waals surface area contributed by atoms with Gasteiger partial charge in [0.2, 0.25) is 0 Å². The molecular weight excluding hydrogens is 540 g/mol. The third-order valence-electron chi connectivity index (χ3n) is 8.62. The highest BCUT2D eigenvalue weighted by atomic mass is 19.1. The number of aromatic nitrogens is 7. The molecule has 2 saturated heterocycles. The van der Waals surface area contributed by atoms with Gasteiger partial charge in [0, 0.05) is 31.8 Å². The van der Waals surface area contributed by atoms with Crippen molar-refractivity contribution in [3.63, 3.8) is 0 Å². The van der Waals surface area contributed by atoms with Crippen molar-refractivity contribution in [2.75, 3.05) is 24.6 Å². The molecule has 218 valence electrons. The van der Waals surface area contributed by atoms with Gasteiger partial charge in [0.25, 0.3) is 5.78 Å². The number of benzene rings is 2. The number of hydrogen-bond acceptors (Lipinski definition) is 8. The molecule has 5 aromatic rings. The number of fused-ring (bicyclic) bond motifs is 3. The summed E-state index contributed by atoms with van der Waals surface area (Å²) in [5.74, 6) is 0.656. The fourth-order valence-electron chi connectivity index (χ4n) is 6.50. The van der Waals surface area contributed by atoms with Gasteiger partial charge < -0.3 is 9.64 Å². The van der Waals surface area contributed by atoms with E-state index in [0.717, 1.165) is 48.5 Å². The summed E-state index contributed by atoms with van der Waals surface area (Å²) in [7, 11) is 0. The number of rotatable bonds is 7. The van der Waals surface area contributed by atoms with Crippen LogP contribution < -0.4 is 4.90 Å². The Morgan fingerprint density at radius 3 is 2.33 bits per heavy atom. The standard InChI is InChI=1S/C30H33F2N9O/c1-3-24-16-38(19(2)15-39(24)27(20-6-10-22(31)11-7-20)21-8-12-23(32)13-9-21)28-26-29(40-18-33-36-30(40)34-28)41(37-35-26)17-25-5-4-14-42-25/h6-13,18-19,24-25,27H,3-5,14-17H2,1-2H3/t19-,24+,25-/m0/s1. The predicted molar refractivity (Wildman–Crippen MR) is 153 cm³/mol. The van der Waals surface area contributed by atoms with Gasteiger partial charge in [-0.1, -0.05) is 36.4 Å². The Bertz CT molecular complexity index is 1640. The zero-order valence-corrected chi connectivity index (χ0v) is 23.6. The van der Waals surface area contributed by atoms with Crippen molar-refractivity contribution in [1.82, 2.24) is 39.5 Å². The number of halogens is 2. The van der Waals surface area contributed by atoms with Crippen molar-refractivity contribution in [1.29, 1.82) is 0 Å². The molecular formula is C30H33F2N9O. The van der Waals surface area contributed by atoms with E-state index in [0.29, 0.717) is 30.9 Å². The van der Waals surface area contributed by atoms with Crippen LogP contribution in [0, 0.1) is 11.6 Å². The molecule has 2 aromatic carbocycles. The Kier molecular flexibility index (Phi) is 7.02. The first-order valence-electron chi connectivity index (χ1n) is 14.6. The van der Waals surface area contributed by atoms with Gasteiger partial charge in [-0.05, 0) is 61.6 Å². The Morgan fingerprint density at radius 2 is 1.69 bits per heavy atom. The summed E-state index contributed by atoms with van der Waals surface area (Å²) in [6.45, 7) is 7.09. The molecule has 0 N–H and O–H groups in total. The van der Waals surface area contributed by atoms with E-state index in [9.17, 15) is 8.78 Å². The Labute approximate surface area is 241 Å². The number of anilines is 1. The summed E-state index contributed by atoms with van der Waals surface area (Å²) >= 11 is 0. The Balaban J connectivity index is 1.26. The van der Waals surface area contributed by atoms with E-state index in [4.69, 9.17) is 9.72 Å². The number of piperazine rings is 1. The van der Waals surface area contributed by atoms with Crippen LogP contribution >= 0.6 is 0 Å². The van der Waals surface area contributed by atoms with Crippen molar-refractivity contribution in [3.05, 3.63) is 77.6 Å². The molecule has 7 rings (SSSR count). The summed E-state index contributed by atoms with van der Waals surface area (Å²) in [6.07, 6.45) is 4.65. The number of nitrogens with zero attached hydrogens (tertiary/aromatic N) is 9. The molecule has 0 radical (unpaired) electrons. The normalized spacial score (nSPS) is 21.7. The molecule has 0 aliphatic carbocycles. The number of ether oxygens (including phenoxy) is 1. The van der Waals surface area contributed by atoms with Crippen molar-refractivity contribution in [2.45, 2.75) is 63.9 Å². The fraction of sp³-hybridized carbons (Fsp3) is 0.433. The van der Waals surface area contributed by atoms with Gasteiger partial charge in [-0.15, -0.1) is 15.3 Å². The van der Waals surface area contributed by atoms with Crippen LogP contribution in [0.2, 0.25) is 0 Å². The SMILES string of the molecule is CC[C@@H]1CN(c2nc3nncn3c3c2nnn3C[C@@H]2CCCO2)[C@@H](C)CN1C(c1ccc(F)cc1)c1ccc(F)cc1. The maximum absolute atomic E-state index is 13.9. The van der Waals surface area contributed by atoms with Crippen LogP contribution in [0.5, 0.6) is 0 Å². The lowest BCUT2D eigenvalue weighted by Crippen LogP contribution is -2.58. The van der Waals surface area contributed by atoms with Crippen LogP contribution in [-0.4, -0.2) is 77.4 Å². The minimum atomic E-state index is -0.284. The van der Waals surface area contributed by atoms with E-state index in [1.54, 1.807) is 6.33 Å². The van der Waals surface area contributed by atoms with E-state index in [1.807, 2.05) is 33.3 Å². The first-order chi connectivity index (χ1) is 20.5. The molecule has 0 spiro atoms. The van der Waals surface area contributed by atoms with Crippen LogP contribution in [0.15, 0.2) is 54.9 Å². The van der Waals surface area contributed by atoms with E-state index in [2.05, 4.69) is 44.2 Å². The van der Waals surface area contributed by atoms with Gasteiger partial charge in [0.1, 0.15) is 18.0 Å². The number of hydrogen-bond donors (Lipinski definition) is 0. The quantitative estimate of drug-likeness (QED) is 0.283. The third kappa shape index (κ3) is 4.78. The first-order valence-corrected chi connectivity index (χ1v) is 14.6. The van der Waals surface area contributed by atoms with Gasteiger partial charge in [-0.25, -0.2) is 17.9 Å². The molecule has 2 aliphatic heterocycles. The van der Waals surface area contributed by atoms with E-state index >= 15 is 0 Å². The van der Waals surface area contributed by atoms with Gasteiger partial charge in [0.15, 0.2) is 17.0 Å². The fourth-order valence-corrected chi connectivity index (χ4v) is 6.50. The molecule has 0 saturated carbocycles. The van der Waals surface area contributed by atoms with Crippen molar-refractivity contribution in [2.24, 2.45) is 0 Å². The van der Waals surface area contributed by atoms with Crippen molar-refractivity contribution >= 4 is 22.8 Å². The highest BCUT2D eigenvalue weighted by Crippen LogP contribution is 2.37. The summed E-state index contributed by atoms with van der Waals surface area (Å²) in [5.41, 5.74) is 3.42. The lowest BCUT2D eigenvalue weighted by Gasteiger charge is -2.49. The lowest BCUT2D eigenvalue weighted by atomic mass is 9.92. The summed E-state index contributed by atoms with van der Waals surface area (Å²) in [6, 6.07) is 13.2. The maximum Gasteiger partial charge on any atom is 0.258 e. The summed E-state index contributed by atoms with van der Waals surface area (Å²) in [5, 5.41) is 17.5. The molecule has 0 unspecified atom stereocenters. The molecule has 3 aromatic heterocycles. The van der Waals surface area contributed by atoms with Crippen molar-refractivity contribution in [3.8, 4) is 0 Å². The zero-order chi connectivity index (χ0) is 28.8. The van der Waals surface area contributed by atoms with Crippen LogP contribution in [0.25, 0.3) is 16.9 Å². The molecule has 42 heavy (non-hydrogen) atoms. The summed E-state index contributed by atoms with van der Waals surface area (Å²) < 4.78 is 37.4. The second kappa shape index (κ2) is 11.0. The van der Waals surface area contributed by atoms with E-state index < -0.39 is 0 Å². The molecule has 0 bridgehead atoms. The Morgan fingerprint density at radius 1 is 0.976 bits per heavy atom. The van der Waals surface area contributed by atoms with Gasteiger partial charge in [-0.2, -0.15) is 4.98 Å². The monoisotopic (exact) mass is 573 g/mol. The first kappa shape index (κ1) is 26.8. The third-order valence-corrected chi connectivity index (χ3v) is 8.62. The van der Waals surface area contributed by atoms with Gasteiger partial charge in [-0.3, -0.25) is 4.90 Å². The molecule has 5 heterocycles. The minimum Gasteiger partial charge on any atom is -0.376 e. The molecule has 2 fully saturated rings. The zero-order valence-electron chi connectivity index (χ0n) is 23.6. The maximum atomic E-state index is 13.9. The summed E-state index contributed by atoms with van der Waals surface area (Å²) in [4.78, 5) is 9.66. The van der Waals surface area contributed by atoms with Gasteiger partial charge in [0.05, 0.1) is 18.7 Å². The highest BCUT2D eigenvalue weighted by molar-refractivity contribution is 5.85. The highest BCUT2D eigenvalue weighted by Gasteiger charge is 2.38. The van der Waals surface area contributed by atoms with Gasteiger partial charge >= 0.3 is 0 Å². The predicted octanol–water partition coefficient (Wildman–Crippen LogP) is 4.40. The Hall–Kier alpha value is -4.03. The molecule has 10 nitrogen and oxygen atoms in total. The van der Waals surface area contributed by atoms with Crippen LogP contribution in [0.1, 0.15) is 50.3 Å². The van der Waals surface area contributed by atoms with Crippen LogP contribution in [0.3, 0.4) is 0 Å². The average molecular weight is 574 g/mol. The van der Waals surface area contributed by atoms with E-state index in [-0.39, 0.29) is 35.9 Å². The minimum absolute atomic E-state index is 0.0422. The molecule has 2 aliphatic rings. The molecule has 0 amide bonds. The second-order valence-electron chi connectivity index (χ2n) is 11.3. The smallest absolute Gasteiger partial charge is 0.258 e. The lowest BCUT2D eigenvalue weighted by molar-refractivity contribution is 0.0944. The van der Waals surface area contributed by atoms with Crippen molar-refractivity contribution < 1.29 is 13.5 Å². The average Bonchev–Trinajstić information content (AvgIpc) is 3.77. The second-order valence-corrected chi connectivity index (χ2v) is 11.3. The molecule has 3 atom stereocenters. The topological polar surface area (TPSA) is 89.5 Å². The van der Waals surface area contributed by atoms with Crippen LogP contribution in [0.4, 0.5) is 14.6 Å². The largest absolute Gasteiger partial charge is 0.376 e. The van der Waals surface area contributed by atoms with Crippen LogP contribution in [-0.2, 0) is 11.3 Å².